The minimum atomic E-state index is 0.541. The van der Waals surface area contributed by atoms with Gasteiger partial charge in [-0.05, 0) is 18.2 Å². The molecule has 2 rings (SSSR count). The Balaban J connectivity index is 2.87. The normalized spacial score (nSPS) is 10.7. The number of pyridine rings is 1. The van der Waals surface area contributed by atoms with Crippen LogP contribution in [0.3, 0.4) is 0 Å². The van der Waals surface area contributed by atoms with Crippen LogP contribution in [0.2, 0.25) is 5.15 Å². The zero-order valence-electron chi connectivity index (χ0n) is 6.08. The topological polar surface area (TPSA) is 17.8 Å². The first-order chi connectivity index (χ1) is 5.27. The predicted molar refractivity (Wildman–Crippen MR) is 45.7 cm³/mol. The fraction of sp³-hybridized carbons (Fsp3) is 0.125. The quantitative estimate of drug-likeness (QED) is 0.549. The molecule has 0 radical (unpaired) electrons. The van der Waals surface area contributed by atoms with Crippen molar-refractivity contribution in [2.24, 2.45) is 7.05 Å². The van der Waals surface area contributed by atoms with Gasteiger partial charge in [-0.15, -0.1) is 0 Å². The molecular weight excluding hydrogens is 160 g/mol. The van der Waals surface area contributed by atoms with E-state index in [0.29, 0.717) is 5.15 Å². The Morgan fingerprint density at radius 2 is 2.18 bits per heavy atom. The van der Waals surface area contributed by atoms with Crippen molar-refractivity contribution in [1.29, 1.82) is 0 Å². The summed E-state index contributed by atoms with van der Waals surface area (Å²) in [5, 5.41) is 1.66. The molecule has 3 heteroatoms. The van der Waals surface area contributed by atoms with Crippen molar-refractivity contribution in [2.45, 2.75) is 0 Å². The van der Waals surface area contributed by atoms with Gasteiger partial charge in [0, 0.05) is 18.6 Å². The zero-order valence-corrected chi connectivity index (χ0v) is 6.84. The third kappa shape index (κ3) is 0.994. The van der Waals surface area contributed by atoms with Crippen molar-refractivity contribution in [2.75, 3.05) is 0 Å². The van der Waals surface area contributed by atoms with Gasteiger partial charge in [-0.2, -0.15) is 0 Å². The molecule has 0 saturated heterocycles. The van der Waals surface area contributed by atoms with Gasteiger partial charge in [0.05, 0.1) is 0 Å². The molecule has 11 heavy (non-hydrogen) atoms. The smallest absolute Gasteiger partial charge is 0.141 e. The fourth-order valence-electron chi connectivity index (χ4n) is 1.11. The predicted octanol–water partition coefficient (Wildman–Crippen LogP) is 2.23. The van der Waals surface area contributed by atoms with Crippen LogP contribution in [-0.4, -0.2) is 9.55 Å². The van der Waals surface area contributed by atoms with Gasteiger partial charge in [0.25, 0.3) is 0 Å². The van der Waals surface area contributed by atoms with Crippen LogP contribution in [-0.2, 0) is 7.05 Å². The lowest BCUT2D eigenvalue weighted by molar-refractivity contribution is 0.949. The minimum absolute atomic E-state index is 0.541. The van der Waals surface area contributed by atoms with Gasteiger partial charge in [0.1, 0.15) is 10.8 Å². The summed E-state index contributed by atoms with van der Waals surface area (Å²) in [7, 11) is 1.95. The summed E-state index contributed by atoms with van der Waals surface area (Å²) in [5.41, 5.74) is 0.928. The van der Waals surface area contributed by atoms with Crippen LogP contribution in [0.1, 0.15) is 0 Å². The van der Waals surface area contributed by atoms with E-state index in [4.69, 9.17) is 11.6 Å². The van der Waals surface area contributed by atoms with Crippen LogP contribution >= 0.6 is 11.6 Å². The SMILES string of the molecule is Cn1ccc2ccc(Cl)nc21. The molecule has 0 N–H and O–H groups in total. The fourth-order valence-corrected chi connectivity index (χ4v) is 1.25. The van der Waals surface area contributed by atoms with E-state index in [9.17, 15) is 0 Å². The average molecular weight is 167 g/mol. The summed E-state index contributed by atoms with van der Waals surface area (Å²) >= 11 is 5.72. The van der Waals surface area contributed by atoms with Gasteiger partial charge in [-0.25, -0.2) is 4.98 Å². The standard InChI is InChI=1S/C8H7ClN2/c1-11-5-4-6-2-3-7(9)10-8(6)11/h2-5H,1H3. The summed E-state index contributed by atoms with van der Waals surface area (Å²) in [4.78, 5) is 4.16. The van der Waals surface area contributed by atoms with Crippen molar-refractivity contribution in [3.8, 4) is 0 Å². The first kappa shape index (κ1) is 6.68. The number of hydrogen-bond donors (Lipinski definition) is 0. The van der Waals surface area contributed by atoms with Crippen LogP contribution in [0.15, 0.2) is 24.4 Å². The first-order valence-electron chi connectivity index (χ1n) is 3.35. The molecule has 2 heterocycles. The summed E-state index contributed by atoms with van der Waals surface area (Å²) in [6.45, 7) is 0. The number of aromatic nitrogens is 2. The van der Waals surface area contributed by atoms with Gasteiger partial charge in [0.15, 0.2) is 0 Å². The Hall–Kier alpha value is -1.02. The largest absolute Gasteiger partial charge is 0.336 e. The second-order valence-corrected chi connectivity index (χ2v) is 2.86. The molecule has 0 aromatic carbocycles. The number of fused-ring (bicyclic) bond motifs is 1. The summed E-state index contributed by atoms with van der Waals surface area (Å²) in [5.74, 6) is 0. The molecule has 0 saturated carbocycles. The molecular formula is C8H7ClN2. The Bertz CT molecular complexity index is 392. The van der Waals surface area contributed by atoms with Crippen molar-refractivity contribution in [1.82, 2.24) is 9.55 Å². The molecule has 2 nitrogen and oxygen atoms in total. The van der Waals surface area contributed by atoms with Crippen LogP contribution in [0, 0.1) is 0 Å². The Labute approximate surface area is 69.4 Å². The minimum Gasteiger partial charge on any atom is -0.336 e. The van der Waals surface area contributed by atoms with E-state index in [1.54, 1.807) is 6.07 Å². The van der Waals surface area contributed by atoms with Crippen LogP contribution in [0.5, 0.6) is 0 Å². The molecule has 0 bridgehead atoms. The number of hydrogen-bond acceptors (Lipinski definition) is 1. The molecule has 0 unspecified atom stereocenters. The van der Waals surface area contributed by atoms with Gasteiger partial charge in [-0.3, -0.25) is 0 Å². The summed E-state index contributed by atoms with van der Waals surface area (Å²) < 4.78 is 1.95. The van der Waals surface area contributed by atoms with Crippen molar-refractivity contribution < 1.29 is 0 Å². The van der Waals surface area contributed by atoms with E-state index in [0.717, 1.165) is 11.0 Å². The van der Waals surface area contributed by atoms with E-state index in [2.05, 4.69) is 4.98 Å². The highest BCUT2D eigenvalue weighted by atomic mass is 35.5. The van der Waals surface area contributed by atoms with Crippen LogP contribution < -0.4 is 0 Å². The van der Waals surface area contributed by atoms with Crippen LogP contribution in [0.25, 0.3) is 11.0 Å². The van der Waals surface area contributed by atoms with E-state index < -0.39 is 0 Å². The number of aryl methyl sites for hydroxylation is 1. The number of nitrogens with zero attached hydrogens (tertiary/aromatic N) is 2. The summed E-state index contributed by atoms with van der Waals surface area (Å²) in [6, 6.07) is 5.77. The maximum Gasteiger partial charge on any atom is 0.141 e. The molecule has 0 spiro atoms. The number of halogens is 1. The van der Waals surface area contributed by atoms with Gasteiger partial charge in [-0.1, -0.05) is 11.6 Å². The summed E-state index contributed by atoms with van der Waals surface area (Å²) in [6.07, 6.45) is 1.97. The third-order valence-corrected chi connectivity index (χ3v) is 1.89. The molecule has 0 fully saturated rings. The lowest BCUT2D eigenvalue weighted by Gasteiger charge is -1.94. The van der Waals surface area contributed by atoms with E-state index in [-0.39, 0.29) is 0 Å². The highest BCUT2D eigenvalue weighted by molar-refractivity contribution is 6.29. The van der Waals surface area contributed by atoms with E-state index in [1.165, 1.54) is 0 Å². The first-order valence-corrected chi connectivity index (χ1v) is 3.73. The molecule has 2 aromatic heterocycles. The monoisotopic (exact) mass is 166 g/mol. The second kappa shape index (κ2) is 2.24. The molecule has 0 aliphatic heterocycles. The molecule has 0 aliphatic carbocycles. The zero-order chi connectivity index (χ0) is 7.84. The lowest BCUT2D eigenvalue weighted by atomic mass is 10.3. The van der Waals surface area contributed by atoms with Crippen molar-refractivity contribution >= 4 is 22.6 Å². The molecule has 0 atom stereocenters. The van der Waals surface area contributed by atoms with Gasteiger partial charge in [0.2, 0.25) is 0 Å². The Morgan fingerprint density at radius 1 is 1.36 bits per heavy atom. The second-order valence-electron chi connectivity index (χ2n) is 2.47. The molecule has 56 valence electrons. The lowest BCUT2D eigenvalue weighted by Crippen LogP contribution is -1.86. The average Bonchev–Trinajstić information content (AvgIpc) is 2.33. The Kier molecular flexibility index (Phi) is 1.36. The van der Waals surface area contributed by atoms with Gasteiger partial charge >= 0.3 is 0 Å². The Morgan fingerprint density at radius 3 is 3.00 bits per heavy atom. The van der Waals surface area contributed by atoms with E-state index in [1.807, 2.05) is 29.9 Å². The van der Waals surface area contributed by atoms with Gasteiger partial charge < -0.3 is 4.57 Å². The highest BCUT2D eigenvalue weighted by Gasteiger charge is 1.98. The highest BCUT2D eigenvalue weighted by Crippen LogP contribution is 2.14. The maximum atomic E-state index is 5.72. The van der Waals surface area contributed by atoms with Crippen molar-refractivity contribution in [3.05, 3.63) is 29.5 Å². The molecule has 0 aliphatic rings. The van der Waals surface area contributed by atoms with Crippen molar-refractivity contribution in [3.63, 3.8) is 0 Å². The van der Waals surface area contributed by atoms with E-state index >= 15 is 0 Å². The number of rotatable bonds is 0. The third-order valence-electron chi connectivity index (χ3n) is 1.68. The maximum absolute atomic E-state index is 5.72. The van der Waals surface area contributed by atoms with Crippen LogP contribution in [0.4, 0.5) is 0 Å². The molecule has 2 aromatic rings. The molecule has 0 amide bonds.